The normalized spacial score (nSPS) is 25.9. The Hall–Kier alpha value is -1.62. The van der Waals surface area contributed by atoms with E-state index < -0.39 is 0 Å². The minimum absolute atomic E-state index is 0.104. The van der Waals surface area contributed by atoms with Crippen molar-refractivity contribution in [2.75, 3.05) is 26.7 Å². The number of aromatic nitrogens is 1. The van der Waals surface area contributed by atoms with Crippen LogP contribution in [0.4, 0.5) is 0 Å². The van der Waals surface area contributed by atoms with Crippen LogP contribution in [0.2, 0.25) is 0 Å². The van der Waals surface area contributed by atoms with E-state index in [1.165, 1.54) is 12.8 Å². The number of carbonyl (C=O) groups excluding carboxylic acids is 1. The van der Waals surface area contributed by atoms with Crippen molar-refractivity contribution in [2.45, 2.75) is 32.2 Å². The highest BCUT2D eigenvalue weighted by Gasteiger charge is 2.33. The predicted molar refractivity (Wildman–Crippen MR) is 86.1 cm³/mol. The van der Waals surface area contributed by atoms with Crippen LogP contribution in [0.5, 0.6) is 0 Å². The van der Waals surface area contributed by atoms with Gasteiger partial charge in [-0.05, 0) is 32.7 Å². The maximum atomic E-state index is 12.9. The van der Waals surface area contributed by atoms with Crippen molar-refractivity contribution in [3.8, 4) is 0 Å². The zero-order valence-electron chi connectivity index (χ0n) is 13.7. The number of amides is 1. The fourth-order valence-corrected chi connectivity index (χ4v) is 3.76. The van der Waals surface area contributed by atoms with E-state index in [9.17, 15) is 9.59 Å². The third-order valence-corrected chi connectivity index (χ3v) is 5.23. The molecule has 3 rings (SSSR count). The molecule has 0 spiro atoms. The van der Waals surface area contributed by atoms with Crippen molar-refractivity contribution in [3.63, 3.8) is 0 Å². The fraction of sp³-hybridized carbons (Fsp3) is 0.647. The van der Waals surface area contributed by atoms with Gasteiger partial charge in [0.05, 0.1) is 0 Å². The summed E-state index contributed by atoms with van der Waals surface area (Å²) in [6.45, 7) is 4.45. The first-order chi connectivity index (χ1) is 10.5. The summed E-state index contributed by atoms with van der Waals surface area (Å²) in [6, 6.07) is 1.98. The first-order valence-corrected chi connectivity index (χ1v) is 8.12. The molecule has 2 saturated heterocycles. The van der Waals surface area contributed by atoms with E-state index in [1.54, 1.807) is 12.3 Å². The van der Waals surface area contributed by atoms with Crippen LogP contribution in [-0.4, -0.2) is 53.0 Å². The molecule has 0 unspecified atom stereocenters. The van der Waals surface area contributed by atoms with Gasteiger partial charge in [0.2, 0.25) is 0 Å². The molecule has 5 nitrogen and oxygen atoms in total. The van der Waals surface area contributed by atoms with Crippen LogP contribution in [0.25, 0.3) is 0 Å². The van der Waals surface area contributed by atoms with Gasteiger partial charge in [0.25, 0.3) is 5.91 Å². The molecule has 0 radical (unpaired) electrons. The maximum Gasteiger partial charge on any atom is 0.259 e. The van der Waals surface area contributed by atoms with Gasteiger partial charge < -0.3 is 14.4 Å². The molecule has 1 amide bonds. The predicted octanol–water partition coefficient (Wildman–Crippen LogP) is 1.25. The van der Waals surface area contributed by atoms with E-state index in [-0.39, 0.29) is 11.3 Å². The summed E-state index contributed by atoms with van der Waals surface area (Å²) in [5, 5.41) is 0. The van der Waals surface area contributed by atoms with Crippen molar-refractivity contribution in [1.29, 1.82) is 0 Å². The molecule has 3 heterocycles. The summed E-state index contributed by atoms with van der Waals surface area (Å²) in [5.41, 5.74) is 1.01. The number of likely N-dealkylation sites (N-methyl/N-ethyl adjacent to an activating group) is 1. The van der Waals surface area contributed by atoms with Gasteiger partial charge >= 0.3 is 0 Å². The third-order valence-electron chi connectivity index (χ3n) is 5.23. The van der Waals surface area contributed by atoms with E-state index in [1.807, 2.05) is 23.4 Å². The van der Waals surface area contributed by atoms with Crippen LogP contribution in [0.3, 0.4) is 0 Å². The van der Waals surface area contributed by atoms with E-state index in [0.29, 0.717) is 17.5 Å². The lowest BCUT2D eigenvalue weighted by Crippen LogP contribution is -2.43. The van der Waals surface area contributed by atoms with Gasteiger partial charge in [-0.3, -0.25) is 9.59 Å². The third kappa shape index (κ3) is 2.82. The Bertz CT molecular complexity index is 637. The number of pyridine rings is 1. The smallest absolute Gasteiger partial charge is 0.259 e. The van der Waals surface area contributed by atoms with Crippen LogP contribution >= 0.6 is 0 Å². The lowest BCUT2D eigenvalue weighted by molar-refractivity contribution is 0.0708. The minimum Gasteiger partial charge on any atom is -0.354 e. The Labute approximate surface area is 131 Å². The van der Waals surface area contributed by atoms with Crippen molar-refractivity contribution in [2.24, 2.45) is 13.0 Å². The lowest BCUT2D eigenvalue weighted by Gasteiger charge is -2.29. The molecule has 120 valence electrons. The minimum atomic E-state index is -0.164. The molecular weight excluding hydrogens is 278 g/mol. The Morgan fingerprint density at radius 1 is 1.18 bits per heavy atom. The summed E-state index contributed by atoms with van der Waals surface area (Å²) >= 11 is 0. The molecule has 0 saturated carbocycles. The second-order valence-corrected chi connectivity index (χ2v) is 6.90. The second kappa shape index (κ2) is 5.88. The van der Waals surface area contributed by atoms with Gasteiger partial charge in [-0.15, -0.1) is 0 Å². The van der Waals surface area contributed by atoms with E-state index in [0.717, 1.165) is 31.7 Å². The molecule has 0 N–H and O–H groups in total. The number of rotatable bonds is 1. The van der Waals surface area contributed by atoms with Crippen LogP contribution in [0, 0.1) is 12.8 Å². The van der Waals surface area contributed by atoms with Gasteiger partial charge in [0.15, 0.2) is 5.43 Å². The first-order valence-electron chi connectivity index (χ1n) is 8.12. The number of carbonyl (C=O) groups is 1. The molecule has 0 aromatic carbocycles. The van der Waals surface area contributed by atoms with Crippen molar-refractivity contribution in [1.82, 2.24) is 14.4 Å². The van der Waals surface area contributed by atoms with Gasteiger partial charge in [-0.25, -0.2) is 0 Å². The SMILES string of the molecule is Cc1cc(=O)c(C(=O)N2C[C@H]3CCC[C@@H](C2)N(C)C3)cn1C. The molecule has 5 heteroatoms. The largest absolute Gasteiger partial charge is 0.354 e. The second-order valence-electron chi connectivity index (χ2n) is 6.90. The molecular formula is C17H25N3O2. The summed E-state index contributed by atoms with van der Waals surface area (Å²) in [6.07, 6.45) is 5.25. The highest BCUT2D eigenvalue weighted by molar-refractivity contribution is 5.94. The number of hydrogen-bond donors (Lipinski definition) is 0. The molecule has 22 heavy (non-hydrogen) atoms. The quantitative estimate of drug-likeness (QED) is 0.784. The number of aryl methyl sites for hydroxylation is 2. The molecule has 2 aliphatic heterocycles. The van der Waals surface area contributed by atoms with Crippen LogP contribution in [0.1, 0.15) is 35.3 Å². The highest BCUT2D eigenvalue weighted by atomic mass is 16.2. The average molecular weight is 303 g/mol. The molecule has 1 aromatic rings. The van der Waals surface area contributed by atoms with E-state index >= 15 is 0 Å². The summed E-state index contributed by atoms with van der Waals surface area (Å²) in [4.78, 5) is 29.4. The standard InChI is InChI=1S/C17H25N3O2/c1-12-7-16(21)15(11-18(12)2)17(22)20-9-13-5-4-6-14(10-20)19(3)8-13/h7,11,13-14H,4-6,8-10H2,1-3H3/t13-,14-/m0/s1. The Morgan fingerprint density at radius 3 is 2.73 bits per heavy atom. The zero-order valence-corrected chi connectivity index (χ0v) is 13.7. The first kappa shape index (κ1) is 15.3. The highest BCUT2D eigenvalue weighted by Crippen LogP contribution is 2.26. The van der Waals surface area contributed by atoms with Gasteiger partial charge in [-0.1, -0.05) is 6.42 Å². The van der Waals surface area contributed by atoms with Gasteiger partial charge in [-0.2, -0.15) is 0 Å². The van der Waals surface area contributed by atoms with Gasteiger partial charge in [0.1, 0.15) is 5.56 Å². The van der Waals surface area contributed by atoms with Crippen LogP contribution < -0.4 is 5.43 Å². The summed E-state index contributed by atoms with van der Waals surface area (Å²) in [7, 11) is 4.03. The number of fused-ring (bicyclic) bond motifs is 3. The molecule has 2 fully saturated rings. The monoisotopic (exact) mass is 303 g/mol. The average Bonchev–Trinajstić information content (AvgIpc) is 2.70. The summed E-state index contributed by atoms with van der Waals surface area (Å²) < 4.78 is 1.85. The molecule has 1 aromatic heterocycles. The topological polar surface area (TPSA) is 45.6 Å². The van der Waals surface area contributed by atoms with Gasteiger partial charge in [0, 0.05) is 50.7 Å². The fourth-order valence-electron chi connectivity index (χ4n) is 3.76. The number of hydrogen-bond acceptors (Lipinski definition) is 3. The molecule has 2 bridgehead atoms. The van der Waals surface area contributed by atoms with Crippen LogP contribution in [0.15, 0.2) is 17.1 Å². The van der Waals surface area contributed by atoms with E-state index in [4.69, 9.17) is 0 Å². The Morgan fingerprint density at radius 2 is 1.95 bits per heavy atom. The van der Waals surface area contributed by atoms with Crippen LogP contribution in [-0.2, 0) is 7.05 Å². The number of likely N-dealkylation sites (tertiary alicyclic amines) is 1. The van der Waals surface area contributed by atoms with Crippen molar-refractivity contribution in [3.05, 3.63) is 33.7 Å². The van der Waals surface area contributed by atoms with Crippen molar-refractivity contribution >= 4 is 5.91 Å². The molecule has 2 aliphatic rings. The Balaban J connectivity index is 1.89. The lowest BCUT2D eigenvalue weighted by atomic mass is 9.99. The molecule has 2 atom stereocenters. The maximum absolute atomic E-state index is 12.9. The molecule has 0 aliphatic carbocycles. The summed E-state index contributed by atoms with van der Waals surface area (Å²) in [5.74, 6) is 0.420. The zero-order chi connectivity index (χ0) is 15.9. The number of nitrogens with zero attached hydrogens (tertiary/aromatic N) is 3. The van der Waals surface area contributed by atoms with Crippen molar-refractivity contribution < 1.29 is 4.79 Å². The van der Waals surface area contributed by atoms with E-state index in [2.05, 4.69) is 11.9 Å². The Kier molecular flexibility index (Phi) is 4.08.